The van der Waals surface area contributed by atoms with E-state index in [0.717, 1.165) is 39.1 Å². The predicted molar refractivity (Wildman–Crippen MR) is 118 cm³/mol. The fraction of sp³-hybridized carbons (Fsp3) is 1.00. The van der Waals surface area contributed by atoms with Crippen molar-refractivity contribution in [2.24, 2.45) is 0 Å². The average molecular weight is 418 g/mol. The van der Waals surface area contributed by atoms with E-state index in [-0.39, 0.29) is 16.8 Å². The SMILES string of the molecule is CC(C)(C)OCCCCl.CC(C)(C)OCCCCl.CCCOC(C)(C)C. The second-order valence-electron chi connectivity index (χ2n) is 8.97. The van der Waals surface area contributed by atoms with Crippen LogP contribution in [0.2, 0.25) is 0 Å². The van der Waals surface area contributed by atoms with Crippen molar-refractivity contribution >= 4 is 23.2 Å². The number of alkyl halides is 2. The van der Waals surface area contributed by atoms with Crippen molar-refractivity contribution in [3.8, 4) is 0 Å². The first-order chi connectivity index (χ1) is 11.7. The van der Waals surface area contributed by atoms with Gasteiger partial charge >= 0.3 is 0 Å². The number of ether oxygens (including phenoxy) is 3. The van der Waals surface area contributed by atoms with Crippen LogP contribution in [0.4, 0.5) is 0 Å². The molecule has 0 atom stereocenters. The fourth-order valence-corrected chi connectivity index (χ4v) is 1.49. The number of hydrogen-bond acceptors (Lipinski definition) is 3. The van der Waals surface area contributed by atoms with Crippen LogP contribution in [0.1, 0.15) is 88.5 Å². The van der Waals surface area contributed by atoms with Gasteiger partial charge in [0.05, 0.1) is 16.8 Å². The highest BCUT2D eigenvalue weighted by atomic mass is 35.5. The van der Waals surface area contributed by atoms with Gasteiger partial charge in [0.1, 0.15) is 0 Å². The lowest BCUT2D eigenvalue weighted by Crippen LogP contribution is -2.19. The van der Waals surface area contributed by atoms with Gasteiger partial charge in [-0.25, -0.2) is 0 Å². The standard InChI is InChI=1S/2C7H15ClO.C7H16O/c2*1-7(2,3)9-6-4-5-8;1-5-6-8-7(2,3)4/h2*4-6H2,1-3H3;5-6H2,1-4H3. The Bertz CT molecular complexity index is 256. The minimum atomic E-state index is -0.00788. The third-order valence-electron chi connectivity index (χ3n) is 2.37. The lowest BCUT2D eigenvalue weighted by molar-refractivity contribution is -0.00264. The minimum Gasteiger partial charge on any atom is -0.376 e. The molecule has 0 bridgehead atoms. The molecule has 0 unspecified atom stereocenters. The average Bonchev–Trinajstić information content (AvgIpc) is 2.44. The summed E-state index contributed by atoms with van der Waals surface area (Å²) >= 11 is 10.9. The van der Waals surface area contributed by atoms with Crippen LogP contribution in [0.5, 0.6) is 0 Å². The molecule has 5 heteroatoms. The zero-order valence-electron chi connectivity index (χ0n) is 19.1. The molecule has 0 saturated carbocycles. The van der Waals surface area contributed by atoms with Crippen LogP contribution in [0.3, 0.4) is 0 Å². The molecule has 0 fully saturated rings. The van der Waals surface area contributed by atoms with Gasteiger partial charge in [-0.15, -0.1) is 23.2 Å². The molecule has 0 rings (SSSR count). The van der Waals surface area contributed by atoms with Crippen molar-refractivity contribution in [1.82, 2.24) is 0 Å². The zero-order valence-corrected chi connectivity index (χ0v) is 20.6. The van der Waals surface area contributed by atoms with Gasteiger partial charge in [-0.05, 0) is 81.6 Å². The van der Waals surface area contributed by atoms with E-state index in [1.807, 2.05) is 41.5 Å². The summed E-state index contributed by atoms with van der Waals surface area (Å²) in [6, 6.07) is 0. The highest BCUT2D eigenvalue weighted by Crippen LogP contribution is 2.07. The number of rotatable bonds is 8. The molecular formula is C21H46Cl2O3. The molecule has 0 spiro atoms. The molecule has 0 saturated heterocycles. The summed E-state index contributed by atoms with van der Waals surface area (Å²) < 4.78 is 16.1. The normalized spacial score (nSPS) is 12.0. The first-order valence-electron chi connectivity index (χ1n) is 9.72. The van der Waals surface area contributed by atoms with Crippen molar-refractivity contribution < 1.29 is 14.2 Å². The van der Waals surface area contributed by atoms with E-state index in [1.165, 1.54) is 0 Å². The third kappa shape index (κ3) is 44.2. The molecule has 0 aromatic carbocycles. The molecule has 0 aliphatic heterocycles. The van der Waals surface area contributed by atoms with Crippen molar-refractivity contribution in [1.29, 1.82) is 0 Å². The summed E-state index contributed by atoms with van der Waals surface area (Å²) in [6.45, 7) is 23.0. The van der Waals surface area contributed by atoms with E-state index < -0.39 is 0 Å². The lowest BCUT2D eigenvalue weighted by atomic mass is 10.2. The molecule has 0 aromatic heterocycles. The van der Waals surface area contributed by atoms with Gasteiger partial charge in [0.15, 0.2) is 0 Å². The molecule has 162 valence electrons. The highest BCUT2D eigenvalue weighted by Gasteiger charge is 2.09. The Labute approximate surface area is 174 Å². The van der Waals surface area contributed by atoms with E-state index >= 15 is 0 Å². The monoisotopic (exact) mass is 416 g/mol. The number of halogens is 2. The van der Waals surface area contributed by atoms with Crippen molar-refractivity contribution in [3.63, 3.8) is 0 Å². The Morgan fingerprint density at radius 3 is 0.962 bits per heavy atom. The summed E-state index contributed by atoms with van der Waals surface area (Å²) in [5.41, 5.74) is 0.0358. The maximum Gasteiger partial charge on any atom is 0.0598 e. The van der Waals surface area contributed by atoms with Crippen LogP contribution in [0.15, 0.2) is 0 Å². The fourth-order valence-electron chi connectivity index (χ4n) is 1.27. The van der Waals surface area contributed by atoms with Crippen LogP contribution in [0, 0.1) is 0 Å². The molecule has 0 radical (unpaired) electrons. The van der Waals surface area contributed by atoms with Gasteiger partial charge in [0.2, 0.25) is 0 Å². The lowest BCUT2D eigenvalue weighted by Gasteiger charge is -2.18. The second kappa shape index (κ2) is 17.6. The van der Waals surface area contributed by atoms with Gasteiger partial charge in [-0.2, -0.15) is 0 Å². The van der Waals surface area contributed by atoms with E-state index in [2.05, 4.69) is 27.7 Å². The van der Waals surface area contributed by atoms with Gasteiger partial charge in [-0.1, -0.05) is 6.92 Å². The first-order valence-corrected chi connectivity index (χ1v) is 10.8. The molecule has 0 aliphatic rings. The van der Waals surface area contributed by atoms with Gasteiger partial charge < -0.3 is 14.2 Å². The molecule has 0 N–H and O–H groups in total. The Morgan fingerprint density at radius 1 is 0.538 bits per heavy atom. The van der Waals surface area contributed by atoms with Crippen molar-refractivity contribution in [2.75, 3.05) is 31.6 Å². The molecule has 0 aromatic rings. The first kappa shape index (κ1) is 31.2. The zero-order chi connectivity index (χ0) is 21.3. The maximum absolute atomic E-state index is 5.45. The third-order valence-corrected chi connectivity index (χ3v) is 2.90. The summed E-state index contributed by atoms with van der Waals surface area (Å²) in [5, 5.41) is 0. The van der Waals surface area contributed by atoms with Crippen LogP contribution < -0.4 is 0 Å². The molecule has 0 heterocycles. The van der Waals surface area contributed by atoms with Crippen LogP contribution in [-0.4, -0.2) is 48.4 Å². The quantitative estimate of drug-likeness (QED) is 0.312. The second-order valence-corrected chi connectivity index (χ2v) is 9.72. The van der Waals surface area contributed by atoms with Crippen molar-refractivity contribution in [2.45, 2.75) is 105 Å². The van der Waals surface area contributed by atoms with Gasteiger partial charge in [0.25, 0.3) is 0 Å². The molecule has 0 aliphatic carbocycles. The Morgan fingerprint density at radius 2 is 0.808 bits per heavy atom. The van der Waals surface area contributed by atoms with E-state index in [9.17, 15) is 0 Å². The Hall–Kier alpha value is 0.460. The molecule has 0 amide bonds. The summed E-state index contributed by atoms with van der Waals surface area (Å²) in [4.78, 5) is 0. The van der Waals surface area contributed by atoms with Crippen molar-refractivity contribution in [3.05, 3.63) is 0 Å². The minimum absolute atomic E-state index is 0.00788. The summed E-state index contributed by atoms with van der Waals surface area (Å²) in [5.74, 6) is 1.38. The molecule has 26 heavy (non-hydrogen) atoms. The topological polar surface area (TPSA) is 27.7 Å². The predicted octanol–water partition coefficient (Wildman–Crippen LogP) is 7.07. The van der Waals surface area contributed by atoms with E-state index in [4.69, 9.17) is 37.4 Å². The number of hydrogen-bond donors (Lipinski definition) is 0. The Kier molecular flexibility index (Phi) is 21.0. The molecular weight excluding hydrogens is 371 g/mol. The molecule has 3 nitrogen and oxygen atoms in total. The summed E-state index contributed by atoms with van der Waals surface area (Å²) in [6.07, 6.45) is 2.99. The summed E-state index contributed by atoms with van der Waals surface area (Å²) in [7, 11) is 0. The van der Waals surface area contributed by atoms with Gasteiger partial charge in [-0.3, -0.25) is 0 Å². The highest BCUT2D eigenvalue weighted by molar-refractivity contribution is 6.18. The van der Waals surface area contributed by atoms with Crippen LogP contribution in [0.25, 0.3) is 0 Å². The van der Waals surface area contributed by atoms with E-state index in [1.54, 1.807) is 0 Å². The van der Waals surface area contributed by atoms with Gasteiger partial charge in [0, 0.05) is 31.6 Å². The van der Waals surface area contributed by atoms with Crippen LogP contribution >= 0.6 is 23.2 Å². The van der Waals surface area contributed by atoms with Crippen LogP contribution in [-0.2, 0) is 14.2 Å². The smallest absolute Gasteiger partial charge is 0.0598 e. The largest absolute Gasteiger partial charge is 0.376 e. The van der Waals surface area contributed by atoms with E-state index in [0.29, 0.717) is 11.8 Å². The Balaban J connectivity index is -0.000000306. The maximum atomic E-state index is 5.45.